The molecule has 1 N–H and O–H groups in total. The van der Waals surface area contributed by atoms with E-state index < -0.39 is 0 Å². The lowest BCUT2D eigenvalue weighted by Crippen LogP contribution is -2.31. The number of aromatic nitrogens is 3. The van der Waals surface area contributed by atoms with Gasteiger partial charge in [-0.1, -0.05) is 36.8 Å². The first-order chi connectivity index (χ1) is 17.7. The van der Waals surface area contributed by atoms with Gasteiger partial charge in [0.25, 0.3) is 11.6 Å². The van der Waals surface area contributed by atoms with Crippen molar-refractivity contribution in [1.29, 1.82) is 0 Å². The Morgan fingerprint density at radius 3 is 2.64 bits per heavy atom. The van der Waals surface area contributed by atoms with Crippen LogP contribution in [0.2, 0.25) is 0 Å². The molecule has 0 radical (unpaired) electrons. The van der Waals surface area contributed by atoms with Gasteiger partial charge in [0, 0.05) is 28.9 Å². The van der Waals surface area contributed by atoms with Gasteiger partial charge >= 0.3 is 0 Å². The summed E-state index contributed by atoms with van der Waals surface area (Å²) in [7, 11) is 0. The van der Waals surface area contributed by atoms with Crippen LogP contribution in [0.15, 0.2) is 65.6 Å². The average molecular weight is 485 g/mol. The van der Waals surface area contributed by atoms with E-state index in [2.05, 4.69) is 26.6 Å². The summed E-state index contributed by atoms with van der Waals surface area (Å²) >= 11 is 0. The predicted molar refractivity (Wildman–Crippen MR) is 141 cm³/mol. The highest BCUT2D eigenvalue weighted by molar-refractivity contribution is 6.23. The number of halogens is 1. The first kappa shape index (κ1) is 22.7. The van der Waals surface area contributed by atoms with Crippen molar-refractivity contribution in [2.24, 2.45) is 0 Å². The molecule has 0 unspecified atom stereocenters. The number of benzene rings is 3. The number of piperidine rings is 1. The third-order valence-corrected chi connectivity index (χ3v) is 7.14. The van der Waals surface area contributed by atoms with Crippen molar-refractivity contribution in [3.05, 3.63) is 82.5 Å². The number of imidazole rings is 1. The Kier molecular flexibility index (Phi) is 6.15. The summed E-state index contributed by atoms with van der Waals surface area (Å²) in [5.41, 5.74) is 2.39. The molecule has 5 aromatic rings. The molecule has 6 nitrogen and oxygen atoms in total. The predicted octanol–water partition coefficient (Wildman–Crippen LogP) is 5.47. The standard InChI is InChI=1S/C29H29FN4O2/c30-21-10-11-22-24(18-21)25-23(12-13-31-28(25)35)26-27(22)34(19-20-8-3-1-4-9-20)29(32-26)36-17-7-16-33-14-5-2-6-15-33/h1,3-4,8-13,18H,2,5-7,14-17,19H2,(H,31,35). The number of aromatic amines is 1. The van der Waals surface area contributed by atoms with E-state index in [1.807, 2.05) is 24.3 Å². The monoisotopic (exact) mass is 484 g/mol. The fourth-order valence-electron chi connectivity index (χ4n) is 5.42. The van der Waals surface area contributed by atoms with E-state index in [4.69, 9.17) is 9.72 Å². The summed E-state index contributed by atoms with van der Waals surface area (Å²) in [4.78, 5) is 23.0. The second-order valence-electron chi connectivity index (χ2n) is 9.55. The number of nitrogens with zero attached hydrogens (tertiary/aromatic N) is 3. The highest BCUT2D eigenvalue weighted by Gasteiger charge is 2.21. The van der Waals surface area contributed by atoms with E-state index in [1.54, 1.807) is 12.3 Å². The summed E-state index contributed by atoms with van der Waals surface area (Å²) in [6.07, 6.45) is 6.40. The Morgan fingerprint density at radius 1 is 0.972 bits per heavy atom. The molecule has 0 aliphatic carbocycles. The maximum absolute atomic E-state index is 14.3. The molecule has 7 heteroatoms. The van der Waals surface area contributed by atoms with Crippen molar-refractivity contribution < 1.29 is 9.13 Å². The molecule has 36 heavy (non-hydrogen) atoms. The van der Waals surface area contributed by atoms with Crippen molar-refractivity contribution in [1.82, 2.24) is 19.4 Å². The van der Waals surface area contributed by atoms with Crippen molar-refractivity contribution in [3.63, 3.8) is 0 Å². The molecule has 0 amide bonds. The quantitative estimate of drug-likeness (QED) is 0.246. The maximum Gasteiger partial charge on any atom is 0.297 e. The Labute approximate surface area is 208 Å². The second-order valence-corrected chi connectivity index (χ2v) is 9.55. The van der Waals surface area contributed by atoms with Crippen LogP contribution in [-0.2, 0) is 6.54 Å². The summed E-state index contributed by atoms with van der Waals surface area (Å²) in [5.74, 6) is -0.380. The fourth-order valence-corrected chi connectivity index (χ4v) is 5.42. The number of fused-ring (bicyclic) bond motifs is 6. The zero-order chi connectivity index (χ0) is 24.5. The lowest BCUT2D eigenvalue weighted by atomic mass is 10.0. The number of hydrogen-bond donors (Lipinski definition) is 1. The molecule has 184 valence electrons. The molecule has 3 heterocycles. The Morgan fingerprint density at radius 2 is 1.81 bits per heavy atom. The highest BCUT2D eigenvalue weighted by atomic mass is 19.1. The van der Waals surface area contributed by atoms with E-state index in [0.717, 1.165) is 42.5 Å². The average Bonchev–Trinajstić information content (AvgIpc) is 3.26. The molecule has 2 aromatic heterocycles. The molecule has 0 spiro atoms. The largest absolute Gasteiger partial charge is 0.465 e. The van der Waals surface area contributed by atoms with E-state index in [9.17, 15) is 9.18 Å². The lowest BCUT2D eigenvalue weighted by molar-refractivity contribution is 0.199. The molecule has 0 saturated carbocycles. The number of H-pyrrole nitrogens is 1. The minimum absolute atomic E-state index is 0.258. The van der Waals surface area contributed by atoms with Crippen molar-refractivity contribution in [3.8, 4) is 6.01 Å². The number of pyridine rings is 1. The number of nitrogens with one attached hydrogen (secondary N) is 1. The van der Waals surface area contributed by atoms with E-state index >= 15 is 0 Å². The van der Waals surface area contributed by atoms with Gasteiger partial charge < -0.3 is 14.6 Å². The first-order valence-electron chi connectivity index (χ1n) is 12.7. The lowest BCUT2D eigenvalue weighted by Gasteiger charge is -2.26. The van der Waals surface area contributed by atoms with Gasteiger partial charge in [-0.05, 0) is 62.2 Å². The zero-order valence-electron chi connectivity index (χ0n) is 20.2. The zero-order valence-corrected chi connectivity index (χ0v) is 20.2. The summed E-state index contributed by atoms with van der Waals surface area (Å²) in [5, 5.41) is 2.49. The number of ether oxygens (including phenoxy) is 1. The Hall–Kier alpha value is -3.71. The molecule has 6 rings (SSSR count). The maximum atomic E-state index is 14.3. The van der Waals surface area contributed by atoms with Crippen LogP contribution in [-0.4, -0.2) is 45.7 Å². The molecule has 1 aliphatic heterocycles. The summed E-state index contributed by atoms with van der Waals surface area (Å²) < 4.78 is 22.7. The molecule has 1 aliphatic rings. The molecule has 1 saturated heterocycles. The van der Waals surface area contributed by atoms with Crippen LogP contribution in [0.25, 0.3) is 32.6 Å². The SMILES string of the molecule is O=c1[nH]ccc2c3nc(OCCCN4CCCCC4)n(Cc4ccccc4)c3c3ccc(F)cc3c12. The number of likely N-dealkylation sites (tertiary alicyclic amines) is 1. The van der Waals surface area contributed by atoms with Crippen LogP contribution >= 0.6 is 0 Å². The third kappa shape index (κ3) is 4.24. The first-order valence-corrected chi connectivity index (χ1v) is 12.7. The third-order valence-electron chi connectivity index (χ3n) is 7.14. The topological polar surface area (TPSA) is 63.2 Å². The highest BCUT2D eigenvalue weighted by Crippen LogP contribution is 2.36. The molecule has 3 aromatic carbocycles. The van der Waals surface area contributed by atoms with Crippen LogP contribution in [0.1, 0.15) is 31.2 Å². The molecular weight excluding hydrogens is 455 g/mol. The minimum atomic E-state index is -0.380. The number of rotatable bonds is 7. The van der Waals surface area contributed by atoms with Gasteiger partial charge in [-0.2, -0.15) is 4.98 Å². The van der Waals surface area contributed by atoms with Crippen LogP contribution in [0.4, 0.5) is 4.39 Å². The van der Waals surface area contributed by atoms with Crippen molar-refractivity contribution in [2.75, 3.05) is 26.2 Å². The smallest absolute Gasteiger partial charge is 0.297 e. The number of hydrogen-bond acceptors (Lipinski definition) is 4. The van der Waals surface area contributed by atoms with Gasteiger partial charge in [0.05, 0.1) is 24.1 Å². The van der Waals surface area contributed by atoms with Crippen LogP contribution in [0.5, 0.6) is 6.01 Å². The van der Waals surface area contributed by atoms with Crippen molar-refractivity contribution >= 4 is 32.6 Å². The Bertz CT molecular complexity index is 1590. The van der Waals surface area contributed by atoms with Gasteiger partial charge in [-0.25, -0.2) is 4.39 Å². The normalized spacial score (nSPS) is 14.7. The van der Waals surface area contributed by atoms with Gasteiger partial charge in [-0.15, -0.1) is 0 Å². The van der Waals surface area contributed by atoms with E-state index in [1.165, 1.54) is 31.4 Å². The van der Waals surface area contributed by atoms with Gasteiger partial charge in [0.15, 0.2) is 0 Å². The Balaban J connectivity index is 1.47. The van der Waals surface area contributed by atoms with Gasteiger partial charge in [0.1, 0.15) is 11.3 Å². The van der Waals surface area contributed by atoms with E-state index in [0.29, 0.717) is 40.8 Å². The van der Waals surface area contributed by atoms with Crippen LogP contribution < -0.4 is 10.3 Å². The minimum Gasteiger partial charge on any atom is -0.465 e. The van der Waals surface area contributed by atoms with Crippen LogP contribution in [0, 0.1) is 5.82 Å². The van der Waals surface area contributed by atoms with E-state index in [-0.39, 0.29) is 11.4 Å². The molecule has 0 atom stereocenters. The molecule has 0 bridgehead atoms. The summed E-state index contributed by atoms with van der Waals surface area (Å²) in [6, 6.07) is 17.1. The van der Waals surface area contributed by atoms with Crippen LogP contribution in [0.3, 0.4) is 0 Å². The second kappa shape index (κ2) is 9.74. The molecule has 1 fully saturated rings. The molecular formula is C29H29FN4O2. The van der Waals surface area contributed by atoms with Gasteiger partial charge in [0.2, 0.25) is 0 Å². The summed E-state index contributed by atoms with van der Waals surface area (Å²) in [6.45, 7) is 4.45. The van der Waals surface area contributed by atoms with Crippen molar-refractivity contribution in [2.45, 2.75) is 32.2 Å². The fraction of sp³-hybridized carbons (Fsp3) is 0.310. The van der Waals surface area contributed by atoms with Gasteiger partial charge in [-0.3, -0.25) is 9.36 Å².